The number of benzene rings is 1. The van der Waals surface area contributed by atoms with Crippen LogP contribution in [0.3, 0.4) is 0 Å². The van der Waals surface area contributed by atoms with E-state index in [1.807, 2.05) is 19.9 Å². The fraction of sp³-hybridized carbons (Fsp3) is 0.211. The van der Waals surface area contributed by atoms with Crippen molar-refractivity contribution in [3.8, 4) is 16.9 Å². The largest absolute Gasteiger partial charge is 0.435 e. The zero-order chi connectivity index (χ0) is 20.2. The third-order valence-electron chi connectivity index (χ3n) is 4.34. The molecule has 0 aliphatic carbocycles. The maximum Gasteiger partial charge on any atom is 0.435 e. The molecule has 0 saturated carbocycles. The summed E-state index contributed by atoms with van der Waals surface area (Å²) in [6, 6.07) is 9.84. The third-order valence-corrected chi connectivity index (χ3v) is 4.67. The fourth-order valence-corrected chi connectivity index (χ4v) is 3.47. The van der Waals surface area contributed by atoms with Crippen LogP contribution in [0.15, 0.2) is 36.4 Å². The lowest BCUT2D eigenvalue weighted by atomic mass is 10.1. The van der Waals surface area contributed by atoms with Crippen molar-refractivity contribution in [2.45, 2.75) is 26.9 Å². The van der Waals surface area contributed by atoms with Gasteiger partial charge in [0.25, 0.3) is 0 Å². The lowest BCUT2D eigenvalue weighted by Gasteiger charge is -2.09. The molecule has 0 fully saturated rings. The second-order valence-corrected chi connectivity index (χ2v) is 6.94. The predicted octanol–water partition coefficient (Wildman–Crippen LogP) is 5.18. The van der Waals surface area contributed by atoms with E-state index in [0.717, 1.165) is 11.4 Å². The summed E-state index contributed by atoms with van der Waals surface area (Å²) in [6.45, 7) is 5.35. The molecule has 0 bridgehead atoms. The first-order valence-electron chi connectivity index (χ1n) is 8.43. The first-order valence-corrected chi connectivity index (χ1v) is 8.80. The molecule has 0 unspecified atom stereocenters. The van der Waals surface area contributed by atoms with Crippen LogP contribution >= 0.6 is 11.6 Å². The fourth-order valence-electron chi connectivity index (χ4n) is 3.24. The van der Waals surface area contributed by atoms with Crippen molar-refractivity contribution in [3.63, 3.8) is 0 Å². The highest BCUT2D eigenvalue weighted by molar-refractivity contribution is 6.33. The normalized spacial score (nSPS) is 12.1. The van der Waals surface area contributed by atoms with Crippen LogP contribution in [0.5, 0.6) is 0 Å². The molecule has 144 valence electrons. The molecule has 0 aliphatic rings. The Morgan fingerprint density at radius 2 is 1.68 bits per heavy atom. The summed E-state index contributed by atoms with van der Waals surface area (Å²) >= 11 is 6.21. The third kappa shape index (κ3) is 2.93. The Hall–Kier alpha value is -2.87. The van der Waals surface area contributed by atoms with Gasteiger partial charge in [0.1, 0.15) is 0 Å². The molecular weight excluding hydrogens is 391 g/mol. The minimum Gasteiger partial charge on any atom is -0.233 e. The quantitative estimate of drug-likeness (QED) is 0.461. The number of aryl methyl sites for hydroxylation is 3. The number of aromatic nitrogens is 5. The number of alkyl halides is 3. The van der Waals surface area contributed by atoms with Gasteiger partial charge in [0, 0.05) is 28.0 Å². The lowest BCUT2D eigenvalue weighted by Crippen LogP contribution is -2.10. The minimum absolute atomic E-state index is 0.0722. The summed E-state index contributed by atoms with van der Waals surface area (Å²) in [5, 5.41) is 8.46. The maximum absolute atomic E-state index is 13.9. The first-order chi connectivity index (χ1) is 13.2. The summed E-state index contributed by atoms with van der Waals surface area (Å²) in [6.07, 6.45) is -4.68. The number of hydrogen-bond donors (Lipinski definition) is 0. The van der Waals surface area contributed by atoms with E-state index in [2.05, 4.69) is 15.2 Å². The molecule has 0 aliphatic heterocycles. The van der Waals surface area contributed by atoms with E-state index in [1.165, 1.54) is 16.6 Å². The molecule has 0 saturated heterocycles. The number of rotatable bonds is 2. The Morgan fingerprint density at radius 3 is 2.29 bits per heavy atom. The van der Waals surface area contributed by atoms with Gasteiger partial charge in [-0.2, -0.15) is 27.9 Å². The summed E-state index contributed by atoms with van der Waals surface area (Å²) in [5.74, 6) is 0.372. The summed E-state index contributed by atoms with van der Waals surface area (Å²) in [7, 11) is 0. The van der Waals surface area contributed by atoms with Crippen LogP contribution in [-0.2, 0) is 6.18 Å². The molecule has 4 aromatic rings. The summed E-state index contributed by atoms with van der Waals surface area (Å²) in [4.78, 5) is 4.35. The second kappa shape index (κ2) is 6.34. The van der Waals surface area contributed by atoms with E-state index in [0.29, 0.717) is 11.5 Å². The van der Waals surface area contributed by atoms with Gasteiger partial charge < -0.3 is 0 Å². The Kier molecular flexibility index (Phi) is 4.19. The molecule has 0 N–H and O–H groups in total. The van der Waals surface area contributed by atoms with Gasteiger partial charge in [-0.15, -0.1) is 0 Å². The maximum atomic E-state index is 13.9. The first kappa shape index (κ1) is 18.5. The number of halogens is 4. The Morgan fingerprint density at radius 1 is 0.964 bits per heavy atom. The van der Waals surface area contributed by atoms with Crippen LogP contribution in [0.25, 0.3) is 22.6 Å². The van der Waals surface area contributed by atoms with Crippen LogP contribution in [-0.4, -0.2) is 24.4 Å². The van der Waals surface area contributed by atoms with Gasteiger partial charge in [-0.3, -0.25) is 0 Å². The van der Waals surface area contributed by atoms with Crippen molar-refractivity contribution in [1.82, 2.24) is 24.4 Å². The number of hydrogen-bond acceptors (Lipinski definition) is 3. The van der Waals surface area contributed by atoms with Gasteiger partial charge in [0.05, 0.1) is 11.3 Å². The Bertz CT molecular complexity index is 1210. The van der Waals surface area contributed by atoms with Crippen LogP contribution in [0.4, 0.5) is 13.2 Å². The van der Waals surface area contributed by atoms with E-state index >= 15 is 0 Å². The van der Waals surface area contributed by atoms with Gasteiger partial charge in [0.15, 0.2) is 17.2 Å². The topological polar surface area (TPSA) is 48.0 Å². The molecule has 3 heterocycles. The summed E-state index contributed by atoms with van der Waals surface area (Å²) in [5.41, 5.74) is 1.16. The second-order valence-electron chi connectivity index (χ2n) is 6.53. The molecule has 28 heavy (non-hydrogen) atoms. The molecule has 0 amide bonds. The van der Waals surface area contributed by atoms with Crippen molar-refractivity contribution in [2.24, 2.45) is 0 Å². The highest BCUT2D eigenvalue weighted by atomic mass is 35.5. The van der Waals surface area contributed by atoms with Crippen molar-refractivity contribution < 1.29 is 13.2 Å². The standard InChI is InChI=1S/C19H15ClF3N5/c1-10-9-15(27-12(3)8-11(2)25-27)28-18(24-10)16(17(26-28)19(21,22)23)13-6-4-5-7-14(13)20/h4-9H,1-3H3. The van der Waals surface area contributed by atoms with Crippen LogP contribution in [0.1, 0.15) is 22.8 Å². The van der Waals surface area contributed by atoms with E-state index in [-0.39, 0.29) is 21.8 Å². The predicted molar refractivity (Wildman–Crippen MR) is 99.8 cm³/mol. The molecule has 0 atom stereocenters. The van der Waals surface area contributed by atoms with Gasteiger partial charge in [-0.25, -0.2) is 9.67 Å². The van der Waals surface area contributed by atoms with Crippen molar-refractivity contribution in [2.75, 3.05) is 0 Å². The molecule has 0 spiro atoms. The smallest absolute Gasteiger partial charge is 0.233 e. The molecule has 9 heteroatoms. The van der Waals surface area contributed by atoms with E-state index < -0.39 is 11.9 Å². The highest BCUT2D eigenvalue weighted by Crippen LogP contribution is 2.41. The van der Waals surface area contributed by atoms with Gasteiger partial charge >= 0.3 is 6.18 Å². The SMILES string of the molecule is Cc1cc(-n2nc(C)cc2C)n2nc(C(F)(F)F)c(-c3ccccc3Cl)c2n1. The molecular formula is C19H15ClF3N5. The molecule has 3 aromatic heterocycles. The Balaban J connectivity index is 2.15. The molecule has 4 rings (SSSR count). The zero-order valence-corrected chi connectivity index (χ0v) is 16.0. The van der Waals surface area contributed by atoms with Crippen LogP contribution < -0.4 is 0 Å². The van der Waals surface area contributed by atoms with Crippen LogP contribution in [0, 0.1) is 20.8 Å². The Labute approximate surface area is 163 Å². The molecule has 5 nitrogen and oxygen atoms in total. The average molecular weight is 406 g/mol. The van der Waals surface area contributed by atoms with Crippen molar-refractivity contribution in [3.05, 3.63) is 64.2 Å². The van der Waals surface area contributed by atoms with E-state index in [9.17, 15) is 13.2 Å². The van der Waals surface area contributed by atoms with E-state index in [1.54, 1.807) is 29.8 Å². The minimum atomic E-state index is -4.68. The average Bonchev–Trinajstić information content (AvgIpc) is 3.14. The van der Waals surface area contributed by atoms with Crippen molar-refractivity contribution >= 4 is 17.2 Å². The van der Waals surface area contributed by atoms with Crippen molar-refractivity contribution in [1.29, 1.82) is 0 Å². The number of nitrogens with zero attached hydrogens (tertiary/aromatic N) is 5. The van der Waals surface area contributed by atoms with Crippen LogP contribution in [0.2, 0.25) is 5.02 Å². The van der Waals surface area contributed by atoms with Gasteiger partial charge in [0.2, 0.25) is 0 Å². The van der Waals surface area contributed by atoms with Gasteiger partial charge in [-0.1, -0.05) is 29.8 Å². The lowest BCUT2D eigenvalue weighted by molar-refractivity contribution is -0.140. The van der Waals surface area contributed by atoms with E-state index in [4.69, 9.17) is 11.6 Å². The highest BCUT2D eigenvalue weighted by Gasteiger charge is 2.40. The monoisotopic (exact) mass is 405 g/mol. The van der Waals surface area contributed by atoms with Gasteiger partial charge in [-0.05, 0) is 32.9 Å². The molecule has 1 aromatic carbocycles. The molecule has 0 radical (unpaired) electrons. The number of fused-ring (bicyclic) bond motifs is 1. The zero-order valence-electron chi connectivity index (χ0n) is 15.2. The summed E-state index contributed by atoms with van der Waals surface area (Å²) < 4.78 is 44.3.